The third-order valence-electron chi connectivity index (χ3n) is 4.19. The Balaban J connectivity index is 1.75. The van der Waals surface area contributed by atoms with E-state index in [1.54, 1.807) is 28.9 Å². The second-order valence-corrected chi connectivity index (χ2v) is 6.99. The second-order valence-electron chi connectivity index (χ2n) is 6.18. The molecule has 0 saturated carbocycles. The minimum absolute atomic E-state index is 0.0921. The molecule has 10 heteroatoms. The van der Waals surface area contributed by atoms with Crippen LogP contribution in [0.5, 0.6) is 0 Å². The fourth-order valence-corrected chi connectivity index (χ4v) is 3.05. The van der Waals surface area contributed by atoms with Gasteiger partial charge in [0.15, 0.2) is 11.5 Å². The van der Waals surface area contributed by atoms with Crippen molar-refractivity contribution >= 4 is 40.9 Å². The molecule has 0 saturated heterocycles. The molecule has 3 rings (SSSR count). The van der Waals surface area contributed by atoms with Gasteiger partial charge in [-0.3, -0.25) is 14.2 Å². The minimum Gasteiger partial charge on any atom is -0.480 e. The van der Waals surface area contributed by atoms with E-state index in [4.69, 9.17) is 28.3 Å². The molecule has 0 fully saturated rings. The van der Waals surface area contributed by atoms with Crippen LogP contribution in [0, 0.1) is 6.92 Å². The van der Waals surface area contributed by atoms with E-state index in [2.05, 4.69) is 15.5 Å². The Morgan fingerprint density at radius 3 is 2.54 bits per heavy atom. The van der Waals surface area contributed by atoms with Crippen LogP contribution in [0.3, 0.4) is 0 Å². The number of carbonyl (C=O) groups is 2. The highest BCUT2D eigenvalue weighted by molar-refractivity contribution is 6.35. The zero-order valence-electron chi connectivity index (χ0n) is 15.1. The van der Waals surface area contributed by atoms with Gasteiger partial charge in [0, 0.05) is 33.6 Å². The van der Waals surface area contributed by atoms with E-state index in [1.165, 1.54) is 23.9 Å². The number of aliphatic carboxylic acids is 1. The number of amides is 1. The number of carboxylic acid groups (broad SMARTS) is 1. The molecule has 1 aromatic carbocycles. The molecule has 0 aliphatic rings. The standard InChI is InChI=1S/C18H17Cl2N5O3/c1-10-8-16(23-25(10)9-12-13(19)4-3-5-14(12)20)21-17(26)15-6-7-24(22-15)11(2)18(27)28/h3-8,11H,9H2,1-2H3,(H,27,28)(H,21,23,26). The predicted molar refractivity (Wildman–Crippen MR) is 105 cm³/mol. The van der Waals surface area contributed by atoms with Crippen molar-refractivity contribution < 1.29 is 14.7 Å². The molecule has 1 atom stereocenters. The van der Waals surface area contributed by atoms with E-state index in [0.29, 0.717) is 22.4 Å². The van der Waals surface area contributed by atoms with Crippen molar-refractivity contribution in [1.82, 2.24) is 19.6 Å². The van der Waals surface area contributed by atoms with E-state index in [9.17, 15) is 9.59 Å². The van der Waals surface area contributed by atoms with Gasteiger partial charge >= 0.3 is 5.97 Å². The number of anilines is 1. The maximum atomic E-state index is 12.4. The first-order chi connectivity index (χ1) is 13.3. The van der Waals surface area contributed by atoms with Gasteiger partial charge in [-0.15, -0.1) is 0 Å². The first kappa shape index (κ1) is 19.9. The van der Waals surface area contributed by atoms with Gasteiger partial charge in [0.25, 0.3) is 5.91 Å². The average Bonchev–Trinajstić information content (AvgIpc) is 3.25. The third kappa shape index (κ3) is 4.18. The van der Waals surface area contributed by atoms with Crippen molar-refractivity contribution in [3.05, 3.63) is 63.5 Å². The van der Waals surface area contributed by atoms with Gasteiger partial charge < -0.3 is 10.4 Å². The number of aromatic nitrogens is 4. The van der Waals surface area contributed by atoms with Gasteiger partial charge in [-0.25, -0.2) is 4.79 Å². The number of hydrogen-bond acceptors (Lipinski definition) is 4. The summed E-state index contributed by atoms with van der Waals surface area (Å²) in [6.07, 6.45) is 1.44. The summed E-state index contributed by atoms with van der Waals surface area (Å²) in [7, 11) is 0. The molecule has 0 spiro atoms. The first-order valence-corrected chi connectivity index (χ1v) is 9.08. The Labute approximate surface area is 170 Å². The van der Waals surface area contributed by atoms with Gasteiger partial charge in [-0.1, -0.05) is 29.3 Å². The lowest BCUT2D eigenvalue weighted by Gasteiger charge is -2.08. The molecule has 0 aliphatic carbocycles. The Hall–Kier alpha value is -2.84. The highest BCUT2D eigenvalue weighted by Crippen LogP contribution is 2.25. The second kappa shape index (κ2) is 8.04. The van der Waals surface area contributed by atoms with Gasteiger partial charge in [0.05, 0.1) is 6.54 Å². The quantitative estimate of drug-likeness (QED) is 0.632. The van der Waals surface area contributed by atoms with Crippen LogP contribution < -0.4 is 5.32 Å². The van der Waals surface area contributed by atoms with E-state index >= 15 is 0 Å². The summed E-state index contributed by atoms with van der Waals surface area (Å²) >= 11 is 12.4. The molecular formula is C18H17Cl2N5O3. The number of carbonyl (C=O) groups excluding carboxylic acids is 1. The summed E-state index contributed by atoms with van der Waals surface area (Å²) in [4.78, 5) is 23.4. The zero-order valence-corrected chi connectivity index (χ0v) is 16.6. The Bertz CT molecular complexity index is 1020. The molecule has 0 bridgehead atoms. The molecule has 0 aliphatic heterocycles. The smallest absolute Gasteiger partial charge is 0.328 e. The number of carboxylic acids is 1. The topological polar surface area (TPSA) is 102 Å². The number of rotatable bonds is 6. The summed E-state index contributed by atoms with van der Waals surface area (Å²) in [5.41, 5.74) is 1.63. The van der Waals surface area contributed by atoms with Gasteiger partial charge in [0.2, 0.25) is 0 Å². The number of halogens is 2. The number of hydrogen-bond donors (Lipinski definition) is 2. The minimum atomic E-state index is -1.04. The first-order valence-electron chi connectivity index (χ1n) is 8.33. The number of aryl methyl sites for hydroxylation is 1. The molecule has 1 amide bonds. The fraction of sp³-hybridized carbons (Fsp3) is 0.222. The number of nitrogens with zero attached hydrogens (tertiary/aromatic N) is 4. The van der Waals surface area contributed by atoms with Crippen molar-refractivity contribution in [2.75, 3.05) is 5.32 Å². The lowest BCUT2D eigenvalue weighted by Crippen LogP contribution is -2.18. The predicted octanol–water partition coefficient (Wildman–Crippen LogP) is 3.64. The molecule has 28 heavy (non-hydrogen) atoms. The average molecular weight is 422 g/mol. The third-order valence-corrected chi connectivity index (χ3v) is 4.90. The molecule has 2 aromatic heterocycles. The van der Waals surface area contributed by atoms with Crippen LogP contribution in [0.2, 0.25) is 10.0 Å². The van der Waals surface area contributed by atoms with Crippen LogP contribution >= 0.6 is 23.2 Å². The molecular weight excluding hydrogens is 405 g/mol. The SMILES string of the molecule is Cc1cc(NC(=O)c2ccn(C(C)C(=O)O)n2)nn1Cc1c(Cl)cccc1Cl. The van der Waals surface area contributed by atoms with E-state index in [0.717, 1.165) is 11.3 Å². The van der Waals surface area contributed by atoms with Crippen LogP contribution in [0.1, 0.15) is 34.7 Å². The molecule has 3 aromatic rings. The van der Waals surface area contributed by atoms with Crippen LogP contribution in [0.15, 0.2) is 36.5 Å². The van der Waals surface area contributed by atoms with E-state index in [-0.39, 0.29) is 5.69 Å². The summed E-state index contributed by atoms with van der Waals surface area (Å²) in [5, 5.41) is 21.1. The van der Waals surface area contributed by atoms with Gasteiger partial charge in [0.1, 0.15) is 6.04 Å². The van der Waals surface area contributed by atoms with E-state index in [1.807, 2.05) is 6.92 Å². The van der Waals surface area contributed by atoms with Crippen molar-refractivity contribution in [3.63, 3.8) is 0 Å². The monoisotopic (exact) mass is 421 g/mol. The molecule has 1 unspecified atom stereocenters. The summed E-state index contributed by atoms with van der Waals surface area (Å²) in [5.74, 6) is -1.19. The molecule has 2 N–H and O–H groups in total. The van der Waals surface area contributed by atoms with Crippen molar-refractivity contribution in [2.45, 2.75) is 26.4 Å². The van der Waals surface area contributed by atoms with Crippen molar-refractivity contribution in [2.24, 2.45) is 0 Å². The lowest BCUT2D eigenvalue weighted by atomic mass is 10.2. The van der Waals surface area contributed by atoms with Crippen LogP contribution in [0.25, 0.3) is 0 Å². The van der Waals surface area contributed by atoms with Crippen molar-refractivity contribution in [1.29, 1.82) is 0 Å². The van der Waals surface area contributed by atoms with Gasteiger partial charge in [-0.05, 0) is 32.0 Å². The Morgan fingerprint density at radius 1 is 1.21 bits per heavy atom. The number of benzene rings is 1. The molecule has 2 heterocycles. The Kier molecular flexibility index (Phi) is 5.71. The van der Waals surface area contributed by atoms with Gasteiger partial charge in [-0.2, -0.15) is 10.2 Å². The zero-order chi connectivity index (χ0) is 20.4. The molecule has 8 nitrogen and oxygen atoms in total. The number of nitrogens with one attached hydrogen (secondary N) is 1. The normalized spacial score (nSPS) is 12.0. The van der Waals surface area contributed by atoms with Crippen LogP contribution in [-0.4, -0.2) is 36.5 Å². The van der Waals surface area contributed by atoms with Crippen LogP contribution in [0.4, 0.5) is 5.82 Å². The van der Waals surface area contributed by atoms with Crippen molar-refractivity contribution in [3.8, 4) is 0 Å². The Morgan fingerprint density at radius 2 is 1.89 bits per heavy atom. The summed E-state index contributed by atoms with van der Waals surface area (Å²) in [6.45, 7) is 3.67. The van der Waals surface area contributed by atoms with Crippen LogP contribution in [-0.2, 0) is 11.3 Å². The maximum Gasteiger partial charge on any atom is 0.328 e. The molecule has 0 radical (unpaired) electrons. The summed E-state index contributed by atoms with van der Waals surface area (Å²) in [6, 6.07) is 7.54. The fourth-order valence-electron chi connectivity index (χ4n) is 2.53. The molecule has 146 valence electrons. The van der Waals surface area contributed by atoms with E-state index < -0.39 is 17.9 Å². The highest BCUT2D eigenvalue weighted by atomic mass is 35.5. The largest absolute Gasteiger partial charge is 0.480 e. The lowest BCUT2D eigenvalue weighted by molar-refractivity contribution is -0.140. The highest BCUT2D eigenvalue weighted by Gasteiger charge is 2.18. The maximum absolute atomic E-state index is 12.4. The summed E-state index contributed by atoms with van der Waals surface area (Å²) < 4.78 is 2.88.